The highest BCUT2D eigenvalue weighted by Gasteiger charge is 2.18. The van der Waals surface area contributed by atoms with Crippen molar-refractivity contribution in [2.75, 3.05) is 13.4 Å². The van der Waals surface area contributed by atoms with Crippen LogP contribution in [0.2, 0.25) is 0 Å². The number of carbonyl (C=O) groups is 2. The van der Waals surface area contributed by atoms with Gasteiger partial charge in [0.1, 0.15) is 5.52 Å². The smallest absolute Gasteiger partial charge is 0.338 e. The molecule has 9 heteroatoms. The summed E-state index contributed by atoms with van der Waals surface area (Å²) in [6.45, 7) is 4.28. The molecule has 29 heavy (non-hydrogen) atoms. The molecule has 3 aromatic rings. The average Bonchev–Trinajstić information content (AvgIpc) is 3.37. The number of rotatable bonds is 6. The molecule has 4 rings (SSSR count). The monoisotopic (exact) mass is 396 g/mol. The second-order valence-corrected chi connectivity index (χ2v) is 6.59. The lowest BCUT2D eigenvalue weighted by atomic mass is 10.1. The Hall–Kier alpha value is -3.62. The Balaban J connectivity index is 1.33. The number of esters is 1. The van der Waals surface area contributed by atoms with Crippen LogP contribution in [-0.4, -0.2) is 40.3 Å². The van der Waals surface area contributed by atoms with Crippen molar-refractivity contribution in [1.29, 1.82) is 0 Å². The lowest BCUT2D eigenvalue weighted by Crippen LogP contribution is -2.31. The molecule has 1 aromatic heterocycles. The molecule has 2 aromatic carbocycles. The van der Waals surface area contributed by atoms with Gasteiger partial charge in [0, 0.05) is 6.54 Å². The highest BCUT2D eigenvalue weighted by atomic mass is 16.7. The number of aromatic nitrogens is 3. The summed E-state index contributed by atoms with van der Waals surface area (Å²) in [5.41, 5.74) is 2.61. The van der Waals surface area contributed by atoms with Gasteiger partial charge >= 0.3 is 5.97 Å². The number of carbonyl (C=O) groups excluding carboxylic acids is 2. The molecule has 1 atom stereocenters. The molecule has 0 saturated carbocycles. The Kier molecular flexibility index (Phi) is 5.03. The summed E-state index contributed by atoms with van der Waals surface area (Å²) in [6, 6.07) is 10.2. The topological polar surface area (TPSA) is 105 Å². The number of nitrogens with zero attached hydrogens (tertiary/aromatic N) is 3. The van der Waals surface area contributed by atoms with Crippen molar-refractivity contribution in [3.63, 3.8) is 0 Å². The van der Waals surface area contributed by atoms with E-state index in [0.29, 0.717) is 29.1 Å². The van der Waals surface area contributed by atoms with Gasteiger partial charge in [0.25, 0.3) is 5.91 Å². The van der Waals surface area contributed by atoms with E-state index in [-0.39, 0.29) is 19.4 Å². The molecule has 1 aliphatic heterocycles. The Bertz CT molecular complexity index is 1080. The van der Waals surface area contributed by atoms with Crippen molar-refractivity contribution in [1.82, 2.24) is 20.3 Å². The van der Waals surface area contributed by atoms with E-state index in [0.717, 1.165) is 11.1 Å². The molecule has 0 unspecified atom stereocenters. The summed E-state index contributed by atoms with van der Waals surface area (Å²) < 4.78 is 17.5. The summed E-state index contributed by atoms with van der Waals surface area (Å²) >= 11 is 0. The molecule has 0 fully saturated rings. The third-order valence-corrected chi connectivity index (χ3v) is 4.66. The highest BCUT2D eigenvalue weighted by Crippen LogP contribution is 2.34. The Morgan fingerprint density at radius 1 is 1.21 bits per heavy atom. The fourth-order valence-electron chi connectivity index (χ4n) is 3.10. The molecular formula is C20H20N4O5. The number of hydrogen-bond acceptors (Lipinski definition) is 7. The first-order valence-corrected chi connectivity index (χ1v) is 9.24. The van der Waals surface area contributed by atoms with E-state index in [1.807, 2.05) is 26.0 Å². The maximum absolute atomic E-state index is 12.3. The van der Waals surface area contributed by atoms with Gasteiger partial charge < -0.3 is 19.5 Å². The summed E-state index contributed by atoms with van der Waals surface area (Å²) in [7, 11) is 0. The number of ether oxygens (including phenoxy) is 3. The summed E-state index contributed by atoms with van der Waals surface area (Å²) in [4.78, 5) is 24.4. The van der Waals surface area contributed by atoms with Crippen LogP contribution in [0.1, 0.15) is 35.8 Å². The van der Waals surface area contributed by atoms with Gasteiger partial charge in [-0.15, -0.1) is 5.10 Å². The van der Waals surface area contributed by atoms with E-state index in [1.165, 1.54) is 0 Å². The SMILES string of the molecule is CCn1nnc2cc(C(=O)OCC(=O)N[C@H](C)c3ccc4c(c3)OCO4)ccc21. The molecular weight excluding hydrogens is 376 g/mol. The van der Waals surface area contributed by atoms with E-state index >= 15 is 0 Å². The van der Waals surface area contributed by atoms with Crippen LogP contribution in [0.25, 0.3) is 11.0 Å². The minimum atomic E-state index is -0.594. The third-order valence-electron chi connectivity index (χ3n) is 4.66. The number of nitrogens with one attached hydrogen (secondary N) is 1. The van der Waals surface area contributed by atoms with Crippen LogP contribution in [0, 0.1) is 0 Å². The van der Waals surface area contributed by atoms with Gasteiger partial charge in [-0.3, -0.25) is 4.79 Å². The summed E-state index contributed by atoms with van der Waals surface area (Å²) in [6.07, 6.45) is 0. The van der Waals surface area contributed by atoms with Gasteiger partial charge in [0.15, 0.2) is 18.1 Å². The summed E-state index contributed by atoms with van der Waals surface area (Å²) in [5, 5.41) is 10.8. The largest absolute Gasteiger partial charge is 0.454 e. The number of fused-ring (bicyclic) bond motifs is 2. The van der Waals surface area contributed by atoms with Crippen LogP contribution < -0.4 is 14.8 Å². The number of hydrogen-bond donors (Lipinski definition) is 1. The van der Waals surface area contributed by atoms with E-state index in [9.17, 15) is 9.59 Å². The minimum absolute atomic E-state index is 0.190. The molecule has 1 N–H and O–H groups in total. The molecule has 2 heterocycles. The van der Waals surface area contributed by atoms with Crippen molar-refractivity contribution in [2.24, 2.45) is 0 Å². The third kappa shape index (κ3) is 3.84. The number of benzene rings is 2. The summed E-state index contributed by atoms with van der Waals surface area (Å²) in [5.74, 6) is 0.327. The molecule has 0 radical (unpaired) electrons. The van der Waals surface area contributed by atoms with E-state index in [4.69, 9.17) is 14.2 Å². The zero-order chi connectivity index (χ0) is 20.4. The predicted octanol–water partition coefficient (Wildman–Crippen LogP) is 2.21. The Morgan fingerprint density at radius 3 is 2.86 bits per heavy atom. The second-order valence-electron chi connectivity index (χ2n) is 6.59. The van der Waals surface area contributed by atoms with E-state index in [1.54, 1.807) is 28.9 Å². The Labute approximate surface area is 166 Å². The molecule has 0 saturated heterocycles. The zero-order valence-corrected chi connectivity index (χ0v) is 16.0. The highest BCUT2D eigenvalue weighted by molar-refractivity contribution is 5.94. The standard InChI is InChI=1S/C20H20N4O5/c1-3-24-16-6-4-14(8-15(16)22-23-24)20(26)27-10-19(25)21-12(2)13-5-7-17-18(9-13)29-11-28-17/h4-9,12H,3,10-11H2,1-2H3,(H,21,25)/t12-/m1/s1. The number of amides is 1. The van der Waals surface area contributed by atoms with Crippen LogP contribution in [-0.2, 0) is 16.1 Å². The number of aryl methyl sites for hydroxylation is 1. The quantitative estimate of drug-likeness (QED) is 0.637. The molecule has 1 aliphatic rings. The van der Waals surface area contributed by atoms with Crippen molar-refractivity contribution in [3.8, 4) is 11.5 Å². The molecule has 1 amide bonds. The molecule has 0 spiro atoms. The average molecular weight is 396 g/mol. The van der Waals surface area contributed by atoms with Gasteiger partial charge in [0.05, 0.1) is 17.1 Å². The van der Waals surface area contributed by atoms with Crippen LogP contribution in [0.15, 0.2) is 36.4 Å². The fourth-order valence-corrected chi connectivity index (χ4v) is 3.10. The van der Waals surface area contributed by atoms with Gasteiger partial charge in [-0.1, -0.05) is 11.3 Å². The van der Waals surface area contributed by atoms with Crippen LogP contribution in [0.3, 0.4) is 0 Å². The fraction of sp³-hybridized carbons (Fsp3) is 0.300. The van der Waals surface area contributed by atoms with Gasteiger partial charge in [-0.05, 0) is 49.7 Å². The van der Waals surface area contributed by atoms with Gasteiger partial charge in [-0.2, -0.15) is 0 Å². The van der Waals surface area contributed by atoms with Crippen LogP contribution >= 0.6 is 0 Å². The minimum Gasteiger partial charge on any atom is -0.454 e. The first-order chi connectivity index (χ1) is 14.0. The van der Waals surface area contributed by atoms with Crippen molar-refractivity contribution < 1.29 is 23.8 Å². The zero-order valence-electron chi connectivity index (χ0n) is 16.0. The first kappa shape index (κ1) is 18.7. The normalized spacial score (nSPS) is 13.3. The predicted molar refractivity (Wildman–Crippen MR) is 103 cm³/mol. The molecule has 0 bridgehead atoms. The van der Waals surface area contributed by atoms with Gasteiger partial charge in [0.2, 0.25) is 6.79 Å². The van der Waals surface area contributed by atoms with Crippen LogP contribution in [0.5, 0.6) is 11.5 Å². The molecule has 9 nitrogen and oxygen atoms in total. The van der Waals surface area contributed by atoms with Crippen molar-refractivity contribution in [2.45, 2.75) is 26.4 Å². The van der Waals surface area contributed by atoms with Gasteiger partial charge in [-0.25, -0.2) is 9.48 Å². The molecule has 150 valence electrons. The lowest BCUT2D eigenvalue weighted by Gasteiger charge is -2.15. The lowest BCUT2D eigenvalue weighted by molar-refractivity contribution is -0.124. The molecule has 0 aliphatic carbocycles. The maximum Gasteiger partial charge on any atom is 0.338 e. The van der Waals surface area contributed by atoms with Crippen LogP contribution in [0.4, 0.5) is 0 Å². The van der Waals surface area contributed by atoms with E-state index < -0.39 is 11.9 Å². The Morgan fingerprint density at radius 2 is 2.03 bits per heavy atom. The first-order valence-electron chi connectivity index (χ1n) is 9.24. The second kappa shape index (κ2) is 7.78. The maximum atomic E-state index is 12.3. The van der Waals surface area contributed by atoms with Crippen molar-refractivity contribution >= 4 is 22.9 Å². The van der Waals surface area contributed by atoms with Crippen molar-refractivity contribution in [3.05, 3.63) is 47.5 Å². The van der Waals surface area contributed by atoms with E-state index in [2.05, 4.69) is 15.6 Å².